The minimum atomic E-state index is 0.498. The summed E-state index contributed by atoms with van der Waals surface area (Å²) >= 11 is 0. The van der Waals surface area contributed by atoms with Crippen LogP contribution in [-0.2, 0) is 13.1 Å². The van der Waals surface area contributed by atoms with Crippen LogP contribution in [0.25, 0.3) is 11.3 Å². The van der Waals surface area contributed by atoms with Gasteiger partial charge in [0.15, 0.2) is 0 Å². The monoisotopic (exact) mass is 277 g/mol. The van der Waals surface area contributed by atoms with Gasteiger partial charge in [0, 0.05) is 17.7 Å². The first-order valence-electron chi connectivity index (χ1n) is 7.13. The van der Waals surface area contributed by atoms with Gasteiger partial charge in [0.25, 0.3) is 0 Å². The first kappa shape index (κ1) is 13.6. The molecule has 0 bridgehead atoms. The van der Waals surface area contributed by atoms with E-state index < -0.39 is 0 Å². The number of benzene rings is 2. The summed E-state index contributed by atoms with van der Waals surface area (Å²) in [5.41, 5.74) is 11.7. The summed E-state index contributed by atoms with van der Waals surface area (Å²) in [4.78, 5) is 0. The van der Waals surface area contributed by atoms with Crippen LogP contribution in [0.4, 0.5) is 0 Å². The van der Waals surface area contributed by atoms with Gasteiger partial charge in [0.2, 0.25) is 0 Å². The third-order valence-electron chi connectivity index (χ3n) is 3.64. The van der Waals surface area contributed by atoms with E-state index in [9.17, 15) is 0 Å². The maximum Gasteiger partial charge on any atom is 0.0731 e. The molecule has 0 amide bonds. The average Bonchev–Trinajstić information content (AvgIpc) is 2.93. The Kier molecular flexibility index (Phi) is 3.84. The fourth-order valence-electron chi connectivity index (χ4n) is 2.49. The summed E-state index contributed by atoms with van der Waals surface area (Å²) in [6.45, 7) is 3.35. The molecule has 0 unspecified atom stereocenters. The predicted octanol–water partition coefficient (Wildman–Crippen LogP) is 3.37. The van der Waals surface area contributed by atoms with Crippen LogP contribution in [-0.4, -0.2) is 9.78 Å². The first-order chi connectivity index (χ1) is 10.3. The van der Waals surface area contributed by atoms with E-state index in [4.69, 9.17) is 5.73 Å². The van der Waals surface area contributed by atoms with Crippen LogP contribution in [0.3, 0.4) is 0 Å². The smallest absolute Gasteiger partial charge is 0.0731 e. The summed E-state index contributed by atoms with van der Waals surface area (Å²) in [6.07, 6.45) is 1.87. The van der Waals surface area contributed by atoms with Crippen molar-refractivity contribution in [2.75, 3.05) is 0 Å². The van der Waals surface area contributed by atoms with Gasteiger partial charge in [-0.15, -0.1) is 0 Å². The van der Waals surface area contributed by atoms with Gasteiger partial charge in [-0.25, -0.2) is 0 Å². The van der Waals surface area contributed by atoms with Crippen molar-refractivity contribution in [3.05, 3.63) is 77.5 Å². The van der Waals surface area contributed by atoms with E-state index in [1.54, 1.807) is 0 Å². The molecule has 0 aliphatic rings. The second-order valence-corrected chi connectivity index (χ2v) is 5.23. The molecule has 21 heavy (non-hydrogen) atoms. The standard InChI is InChI=1S/C18H19N3/c1-14-7-9-15(10-8-14)13-21-18(17(11-19)12-20-21)16-5-3-2-4-6-16/h2-10,12H,11,13,19H2,1H3. The van der Waals surface area contributed by atoms with Gasteiger partial charge >= 0.3 is 0 Å². The van der Waals surface area contributed by atoms with Gasteiger partial charge in [-0.2, -0.15) is 5.10 Å². The zero-order valence-corrected chi connectivity index (χ0v) is 12.2. The molecule has 0 saturated carbocycles. The van der Waals surface area contributed by atoms with Crippen LogP contribution in [0.15, 0.2) is 60.8 Å². The molecule has 3 aromatic rings. The minimum absolute atomic E-state index is 0.498. The summed E-state index contributed by atoms with van der Waals surface area (Å²) in [7, 11) is 0. The maximum absolute atomic E-state index is 5.86. The van der Waals surface area contributed by atoms with E-state index in [0.717, 1.165) is 23.4 Å². The van der Waals surface area contributed by atoms with E-state index in [0.29, 0.717) is 6.54 Å². The molecule has 0 saturated heterocycles. The molecule has 3 nitrogen and oxygen atoms in total. The number of hydrogen-bond acceptors (Lipinski definition) is 2. The van der Waals surface area contributed by atoms with E-state index in [-0.39, 0.29) is 0 Å². The zero-order chi connectivity index (χ0) is 14.7. The summed E-state index contributed by atoms with van der Waals surface area (Å²) in [5, 5.41) is 4.52. The maximum atomic E-state index is 5.86. The van der Waals surface area contributed by atoms with Gasteiger partial charge in [0.1, 0.15) is 0 Å². The van der Waals surface area contributed by atoms with Crippen molar-refractivity contribution in [2.45, 2.75) is 20.0 Å². The van der Waals surface area contributed by atoms with Crippen molar-refractivity contribution in [3.63, 3.8) is 0 Å². The molecule has 1 aromatic heterocycles. The van der Waals surface area contributed by atoms with Crippen molar-refractivity contribution in [3.8, 4) is 11.3 Å². The Morgan fingerprint density at radius 3 is 2.38 bits per heavy atom. The lowest BCUT2D eigenvalue weighted by molar-refractivity contribution is 0.694. The minimum Gasteiger partial charge on any atom is -0.326 e. The molecule has 106 valence electrons. The van der Waals surface area contributed by atoms with Crippen LogP contribution < -0.4 is 5.73 Å². The van der Waals surface area contributed by atoms with E-state index >= 15 is 0 Å². The predicted molar refractivity (Wildman–Crippen MR) is 85.8 cm³/mol. The molecule has 0 aliphatic carbocycles. The second kappa shape index (κ2) is 5.94. The Morgan fingerprint density at radius 1 is 1.00 bits per heavy atom. The number of hydrogen-bond donors (Lipinski definition) is 1. The molecule has 0 spiro atoms. The summed E-state index contributed by atoms with van der Waals surface area (Å²) in [6, 6.07) is 18.9. The highest BCUT2D eigenvalue weighted by atomic mass is 15.3. The second-order valence-electron chi connectivity index (χ2n) is 5.23. The normalized spacial score (nSPS) is 10.8. The number of aryl methyl sites for hydroxylation is 1. The quantitative estimate of drug-likeness (QED) is 0.794. The van der Waals surface area contributed by atoms with Crippen LogP contribution in [0.2, 0.25) is 0 Å². The van der Waals surface area contributed by atoms with Crippen molar-refractivity contribution < 1.29 is 0 Å². The SMILES string of the molecule is Cc1ccc(Cn2ncc(CN)c2-c2ccccc2)cc1. The molecular formula is C18H19N3. The highest BCUT2D eigenvalue weighted by molar-refractivity contribution is 5.63. The molecule has 1 heterocycles. The Labute approximate surface area is 125 Å². The molecule has 0 radical (unpaired) electrons. The van der Waals surface area contributed by atoms with Crippen molar-refractivity contribution in [1.82, 2.24) is 9.78 Å². The fourth-order valence-corrected chi connectivity index (χ4v) is 2.49. The van der Waals surface area contributed by atoms with E-state index in [1.807, 2.05) is 29.1 Å². The molecule has 3 rings (SSSR count). The summed E-state index contributed by atoms with van der Waals surface area (Å²) < 4.78 is 2.03. The van der Waals surface area contributed by atoms with Gasteiger partial charge in [-0.05, 0) is 12.5 Å². The van der Waals surface area contributed by atoms with Crippen molar-refractivity contribution >= 4 is 0 Å². The Balaban J connectivity index is 1.99. The number of nitrogens with zero attached hydrogens (tertiary/aromatic N) is 2. The zero-order valence-electron chi connectivity index (χ0n) is 12.2. The Bertz CT molecular complexity index is 712. The Morgan fingerprint density at radius 2 is 1.71 bits per heavy atom. The van der Waals surface area contributed by atoms with Crippen LogP contribution in [0.5, 0.6) is 0 Å². The molecule has 0 atom stereocenters. The largest absolute Gasteiger partial charge is 0.326 e. The highest BCUT2D eigenvalue weighted by Crippen LogP contribution is 2.24. The van der Waals surface area contributed by atoms with Gasteiger partial charge < -0.3 is 5.73 Å². The summed E-state index contributed by atoms with van der Waals surface area (Å²) in [5.74, 6) is 0. The fraction of sp³-hybridized carbons (Fsp3) is 0.167. The number of nitrogens with two attached hydrogens (primary N) is 1. The number of rotatable bonds is 4. The number of aromatic nitrogens is 2. The molecule has 2 N–H and O–H groups in total. The highest BCUT2D eigenvalue weighted by Gasteiger charge is 2.11. The molecular weight excluding hydrogens is 258 g/mol. The van der Waals surface area contributed by atoms with Crippen LogP contribution in [0.1, 0.15) is 16.7 Å². The third kappa shape index (κ3) is 2.88. The molecule has 0 fully saturated rings. The molecule has 0 aliphatic heterocycles. The van der Waals surface area contributed by atoms with Crippen LogP contribution >= 0.6 is 0 Å². The first-order valence-corrected chi connectivity index (χ1v) is 7.13. The van der Waals surface area contributed by atoms with Crippen molar-refractivity contribution in [1.29, 1.82) is 0 Å². The molecule has 3 heteroatoms. The molecule has 2 aromatic carbocycles. The van der Waals surface area contributed by atoms with E-state index in [2.05, 4.69) is 48.4 Å². The lowest BCUT2D eigenvalue weighted by Crippen LogP contribution is -2.05. The third-order valence-corrected chi connectivity index (χ3v) is 3.64. The topological polar surface area (TPSA) is 43.8 Å². The van der Waals surface area contributed by atoms with Crippen molar-refractivity contribution in [2.24, 2.45) is 5.73 Å². The lowest BCUT2D eigenvalue weighted by atomic mass is 10.1. The van der Waals surface area contributed by atoms with Gasteiger partial charge in [-0.1, -0.05) is 60.2 Å². The van der Waals surface area contributed by atoms with Gasteiger partial charge in [-0.3, -0.25) is 4.68 Å². The Hall–Kier alpha value is -2.39. The average molecular weight is 277 g/mol. The van der Waals surface area contributed by atoms with Crippen LogP contribution in [0, 0.1) is 6.92 Å². The van der Waals surface area contributed by atoms with Gasteiger partial charge in [0.05, 0.1) is 18.4 Å². The van der Waals surface area contributed by atoms with E-state index in [1.165, 1.54) is 11.1 Å². The lowest BCUT2D eigenvalue weighted by Gasteiger charge is -2.10.